The van der Waals surface area contributed by atoms with E-state index in [1.807, 2.05) is 24.3 Å². The fourth-order valence-corrected chi connectivity index (χ4v) is 2.24. The molecule has 0 atom stereocenters. The van der Waals surface area contributed by atoms with Gasteiger partial charge in [-0.3, -0.25) is 4.98 Å². The lowest BCUT2D eigenvalue weighted by Crippen LogP contribution is -2.04. The van der Waals surface area contributed by atoms with Crippen molar-refractivity contribution < 1.29 is 4.39 Å². The van der Waals surface area contributed by atoms with Gasteiger partial charge in [-0.05, 0) is 36.4 Å². The first-order valence-electron chi connectivity index (χ1n) is 6.95. The molecule has 112 valence electrons. The summed E-state index contributed by atoms with van der Waals surface area (Å²) in [4.78, 5) is 12.3. The van der Waals surface area contributed by atoms with Gasteiger partial charge in [-0.25, -0.2) is 14.5 Å². The maximum atomic E-state index is 13.4. The molecular weight excluding hydrogens is 295 g/mol. The van der Waals surface area contributed by atoms with Crippen molar-refractivity contribution >= 4 is 17.0 Å². The van der Waals surface area contributed by atoms with Crippen LogP contribution in [0.25, 0.3) is 17.0 Å². The van der Waals surface area contributed by atoms with Crippen LogP contribution < -0.4 is 5.32 Å². The average molecular weight is 306 g/mol. The van der Waals surface area contributed by atoms with Gasteiger partial charge >= 0.3 is 0 Å². The molecule has 1 N–H and O–H groups in total. The minimum Gasteiger partial charge on any atom is -0.338 e. The Hall–Kier alpha value is -3.35. The summed E-state index contributed by atoms with van der Waals surface area (Å²) in [5.41, 5.74) is 2.03. The van der Waals surface area contributed by atoms with E-state index in [0.717, 1.165) is 11.2 Å². The predicted octanol–water partition coefficient (Wildman–Crippen LogP) is 3.07. The van der Waals surface area contributed by atoms with Crippen molar-refractivity contribution in [1.29, 1.82) is 0 Å². The van der Waals surface area contributed by atoms with Crippen LogP contribution in [0.15, 0.2) is 61.1 Å². The molecule has 4 heterocycles. The van der Waals surface area contributed by atoms with Gasteiger partial charge in [0.15, 0.2) is 5.82 Å². The van der Waals surface area contributed by atoms with Crippen LogP contribution in [0.5, 0.6) is 0 Å². The molecule has 0 saturated carbocycles. The normalized spacial score (nSPS) is 10.8. The molecule has 0 radical (unpaired) electrons. The largest absolute Gasteiger partial charge is 0.338 e. The van der Waals surface area contributed by atoms with E-state index in [0.29, 0.717) is 17.3 Å². The standard InChI is InChI=1S/C16H11FN6/c17-14-5-1-3-12(20-14)15-21-16(13-4-2-10-23(13)22-15)19-11-6-8-18-9-7-11/h1-10H,(H,18,19,21,22). The lowest BCUT2D eigenvalue weighted by molar-refractivity contribution is 0.584. The Bertz CT molecular complexity index is 967. The van der Waals surface area contributed by atoms with Crippen LogP contribution in [0.1, 0.15) is 0 Å². The van der Waals surface area contributed by atoms with Crippen molar-refractivity contribution in [3.05, 3.63) is 67.0 Å². The van der Waals surface area contributed by atoms with Gasteiger partial charge in [-0.1, -0.05) is 6.07 Å². The first-order chi connectivity index (χ1) is 11.3. The zero-order valence-corrected chi connectivity index (χ0v) is 11.9. The van der Waals surface area contributed by atoms with E-state index in [9.17, 15) is 4.39 Å². The summed E-state index contributed by atoms with van der Waals surface area (Å²) in [6.07, 6.45) is 5.18. The van der Waals surface area contributed by atoms with E-state index < -0.39 is 5.95 Å². The molecule has 4 aromatic heterocycles. The molecule has 4 aromatic rings. The van der Waals surface area contributed by atoms with Gasteiger partial charge in [-0.15, -0.1) is 5.10 Å². The Morgan fingerprint density at radius 1 is 0.957 bits per heavy atom. The van der Waals surface area contributed by atoms with Crippen molar-refractivity contribution in [2.45, 2.75) is 0 Å². The smallest absolute Gasteiger partial charge is 0.213 e. The van der Waals surface area contributed by atoms with Crippen LogP contribution >= 0.6 is 0 Å². The van der Waals surface area contributed by atoms with Crippen LogP contribution in [0.4, 0.5) is 15.9 Å². The first-order valence-corrected chi connectivity index (χ1v) is 6.95. The number of nitrogens with one attached hydrogen (secondary N) is 1. The van der Waals surface area contributed by atoms with Gasteiger partial charge in [0.25, 0.3) is 0 Å². The number of rotatable bonds is 3. The third kappa shape index (κ3) is 2.59. The summed E-state index contributed by atoms with van der Waals surface area (Å²) < 4.78 is 15.0. The highest BCUT2D eigenvalue weighted by Gasteiger charge is 2.11. The molecule has 0 aliphatic heterocycles. The Morgan fingerprint density at radius 3 is 2.65 bits per heavy atom. The summed E-state index contributed by atoms with van der Waals surface area (Å²) in [6, 6.07) is 12.0. The maximum Gasteiger partial charge on any atom is 0.213 e. The lowest BCUT2D eigenvalue weighted by Gasteiger charge is -2.09. The highest BCUT2D eigenvalue weighted by atomic mass is 19.1. The SMILES string of the molecule is Fc1cccc(-c2nc(Nc3ccncc3)c3cccn3n2)n1. The molecule has 0 fully saturated rings. The number of hydrogen-bond acceptors (Lipinski definition) is 5. The van der Waals surface area contributed by atoms with Crippen molar-refractivity contribution in [3.63, 3.8) is 0 Å². The summed E-state index contributed by atoms with van der Waals surface area (Å²) in [5, 5.41) is 7.60. The third-order valence-corrected chi connectivity index (χ3v) is 3.28. The van der Waals surface area contributed by atoms with E-state index in [1.165, 1.54) is 6.07 Å². The average Bonchev–Trinajstić information content (AvgIpc) is 3.05. The second-order valence-corrected chi connectivity index (χ2v) is 4.83. The number of nitrogens with zero attached hydrogens (tertiary/aromatic N) is 5. The molecule has 0 spiro atoms. The molecule has 0 amide bonds. The quantitative estimate of drug-likeness (QED) is 0.589. The van der Waals surface area contributed by atoms with Crippen LogP contribution in [0, 0.1) is 5.95 Å². The van der Waals surface area contributed by atoms with E-state index >= 15 is 0 Å². The fraction of sp³-hybridized carbons (Fsp3) is 0. The topological polar surface area (TPSA) is 68.0 Å². The van der Waals surface area contributed by atoms with Crippen LogP contribution in [-0.4, -0.2) is 24.6 Å². The molecule has 0 bridgehead atoms. The highest BCUT2D eigenvalue weighted by molar-refractivity contribution is 5.74. The summed E-state index contributed by atoms with van der Waals surface area (Å²) in [5.74, 6) is 0.379. The van der Waals surface area contributed by atoms with Gasteiger partial charge in [0.1, 0.15) is 11.2 Å². The first kappa shape index (κ1) is 13.3. The Balaban J connectivity index is 1.84. The van der Waals surface area contributed by atoms with Crippen molar-refractivity contribution in [2.24, 2.45) is 0 Å². The number of fused-ring (bicyclic) bond motifs is 1. The van der Waals surface area contributed by atoms with Gasteiger partial charge < -0.3 is 5.32 Å². The Morgan fingerprint density at radius 2 is 1.83 bits per heavy atom. The molecule has 23 heavy (non-hydrogen) atoms. The van der Waals surface area contributed by atoms with Crippen molar-refractivity contribution in [2.75, 3.05) is 5.32 Å². The molecule has 0 aliphatic rings. The molecule has 6 nitrogen and oxygen atoms in total. The summed E-state index contributed by atoms with van der Waals surface area (Å²) in [6.45, 7) is 0. The van der Waals surface area contributed by atoms with Crippen LogP contribution in [0.2, 0.25) is 0 Å². The molecule has 4 rings (SSSR count). The highest BCUT2D eigenvalue weighted by Crippen LogP contribution is 2.22. The molecular formula is C16H11FN6. The number of halogens is 1. The maximum absolute atomic E-state index is 13.4. The number of anilines is 2. The molecule has 0 saturated heterocycles. The lowest BCUT2D eigenvalue weighted by atomic mass is 10.3. The fourth-order valence-electron chi connectivity index (χ4n) is 2.24. The van der Waals surface area contributed by atoms with E-state index in [2.05, 4.69) is 25.4 Å². The molecule has 0 unspecified atom stereocenters. The van der Waals surface area contributed by atoms with E-state index in [4.69, 9.17) is 0 Å². The second-order valence-electron chi connectivity index (χ2n) is 4.83. The Labute approximate surface area is 130 Å². The number of pyridine rings is 2. The van der Waals surface area contributed by atoms with Crippen LogP contribution in [0.3, 0.4) is 0 Å². The molecule has 0 aromatic carbocycles. The predicted molar refractivity (Wildman–Crippen MR) is 83.7 cm³/mol. The van der Waals surface area contributed by atoms with Crippen molar-refractivity contribution in [3.8, 4) is 11.5 Å². The zero-order chi connectivity index (χ0) is 15.6. The van der Waals surface area contributed by atoms with Gasteiger partial charge in [0, 0.05) is 24.3 Å². The molecule has 7 heteroatoms. The van der Waals surface area contributed by atoms with E-state index in [-0.39, 0.29) is 0 Å². The number of hydrogen-bond donors (Lipinski definition) is 1. The Kier molecular flexibility index (Phi) is 3.16. The molecule has 0 aliphatic carbocycles. The zero-order valence-electron chi connectivity index (χ0n) is 11.9. The van der Waals surface area contributed by atoms with Gasteiger partial charge in [-0.2, -0.15) is 4.39 Å². The minimum atomic E-state index is -0.567. The van der Waals surface area contributed by atoms with E-state index in [1.54, 1.807) is 35.2 Å². The van der Waals surface area contributed by atoms with Crippen LogP contribution in [-0.2, 0) is 0 Å². The summed E-state index contributed by atoms with van der Waals surface area (Å²) in [7, 11) is 0. The second kappa shape index (κ2) is 5.45. The number of aromatic nitrogens is 5. The van der Waals surface area contributed by atoms with Gasteiger partial charge in [0.2, 0.25) is 11.8 Å². The summed E-state index contributed by atoms with van der Waals surface area (Å²) >= 11 is 0. The minimum absolute atomic E-state index is 0.338. The third-order valence-electron chi connectivity index (χ3n) is 3.28. The van der Waals surface area contributed by atoms with Gasteiger partial charge in [0.05, 0.1) is 0 Å². The van der Waals surface area contributed by atoms with Crippen molar-refractivity contribution in [1.82, 2.24) is 24.6 Å². The monoisotopic (exact) mass is 306 g/mol.